The lowest BCUT2D eigenvalue weighted by Gasteiger charge is -2.27. The van der Waals surface area contributed by atoms with Crippen molar-refractivity contribution in [3.8, 4) is 0 Å². The van der Waals surface area contributed by atoms with E-state index in [2.05, 4.69) is 47.8 Å². The number of benzene rings is 1. The van der Waals surface area contributed by atoms with Gasteiger partial charge in [-0.25, -0.2) is 0 Å². The Balaban J connectivity index is 2.30. The summed E-state index contributed by atoms with van der Waals surface area (Å²) >= 11 is 0. The fourth-order valence-corrected chi connectivity index (χ4v) is 2.51. The molecule has 114 valence electrons. The molecule has 2 unspecified atom stereocenters. The van der Waals surface area contributed by atoms with Gasteiger partial charge in [0, 0.05) is 25.4 Å². The first kappa shape index (κ1) is 15.7. The zero-order valence-corrected chi connectivity index (χ0v) is 13.1. The Morgan fingerprint density at radius 1 is 1.19 bits per heavy atom. The summed E-state index contributed by atoms with van der Waals surface area (Å²) < 4.78 is 7.89. The summed E-state index contributed by atoms with van der Waals surface area (Å²) in [6, 6.07) is 10.5. The number of rotatable bonds is 8. The Kier molecular flexibility index (Phi) is 5.96. The first-order valence-electron chi connectivity index (χ1n) is 7.64. The second-order valence-corrected chi connectivity index (χ2v) is 5.17. The van der Waals surface area contributed by atoms with Crippen LogP contribution in [0.3, 0.4) is 0 Å². The Hall–Kier alpha value is -1.65. The fourth-order valence-electron chi connectivity index (χ4n) is 2.51. The maximum atomic E-state index is 6.05. The van der Waals surface area contributed by atoms with E-state index in [1.807, 2.05) is 30.9 Å². The van der Waals surface area contributed by atoms with Gasteiger partial charge < -0.3 is 10.1 Å². The molecular formula is C17H25N3O. The topological polar surface area (TPSA) is 39.1 Å². The number of hydrogen-bond donors (Lipinski definition) is 1. The van der Waals surface area contributed by atoms with Crippen LogP contribution in [0.5, 0.6) is 0 Å². The molecule has 1 aromatic carbocycles. The molecule has 0 saturated heterocycles. The van der Waals surface area contributed by atoms with Gasteiger partial charge in [-0.1, -0.05) is 37.3 Å². The molecule has 1 aromatic heterocycles. The van der Waals surface area contributed by atoms with Gasteiger partial charge in [-0.15, -0.1) is 0 Å². The van der Waals surface area contributed by atoms with Crippen molar-refractivity contribution in [3.05, 3.63) is 53.9 Å². The van der Waals surface area contributed by atoms with E-state index in [-0.39, 0.29) is 12.1 Å². The maximum Gasteiger partial charge on any atom is 0.102 e. The largest absolute Gasteiger partial charge is 0.372 e. The number of nitrogens with one attached hydrogen (secondary N) is 1. The van der Waals surface area contributed by atoms with E-state index in [1.54, 1.807) is 0 Å². The SMILES string of the molecule is CCCNC(c1cnn(C)c1)C(OCC)c1ccccc1. The highest BCUT2D eigenvalue weighted by atomic mass is 16.5. The van der Waals surface area contributed by atoms with Crippen molar-refractivity contribution in [1.29, 1.82) is 0 Å². The zero-order chi connectivity index (χ0) is 15.1. The predicted molar refractivity (Wildman–Crippen MR) is 85.1 cm³/mol. The van der Waals surface area contributed by atoms with Crippen molar-refractivity contribution in [3.63, 3.8) is 0 Å². The number of aryl methyl sites for hydroxylation is 1. The third kappa shape index (κ3) is 4.16. The molecule has 4 nitrogen and oxygen atoms in total. The van der Waals surface area contributed by atoms with Gasteiger partial charge in [0.15, 0.2) is 0 Å². The third-order valence-corrected chi connectivity index (χ3v) is 3.48. The molecule has 2 aromatic rings. The summed E-state index contributed by atoms with van der Waals surface area (Å²) in [6.45, 7) is 5.85. The molecule has 4 heteroatoms. The van der Waals surface area contributed by atoms with Gasteiger partial charge in [0.05, 0.1) is 12.2 Å². The van der Waals surface area contributed by atoms with Crippen LogP contribution < -0.4 is 5.32 Å². The summed E-state index contributed by atoms with van der Waals surface area (Å²) in [6.07, 6.45) is 5.06. The van der Waals surface area contributed by atoms with Crippen LogP contribution in [0.2, 0.25) is 0 Å². The summed E-state index contributed by atoms with van der Waals surface area (Å²) in [5, 5.41) is 7.91. The van der Waals surface area contributed by atoms with Gasteiger partial charge in [0.1, 0.15) is 6.10 Å². The quantitative estimate of drug-likeness (QED) is 0.810. The van der Waals surface area contributed by atoms with Crippen molar-refractivity contribution >= 4 is 0 Å². The minimum atomic E-state index is -0.00745. The van der Waals surface area contributed by atoms with Crippen LogP contribution in [-0.2, 0) is 11.8 Å². The van der Waals surface area contributed by atoms with Crippen molar-refractivity contribution in [2.24, 2.45) is 7.05 Å². The maximum absolute atomic E-state index is 6.05. The highest BCUT2D eigenvalue weighted by molar-refractivity contribution is 5.24. The molecule has 0 aliphatic carbocycles. The first-order chi connectivity index (χ1) is 10.3. The van der Waals surface area contributed by atoms with Crippen molar-refractivity contribution < 1.29 is 4.74 Å². The van der Waals surface area contributed by atoms with E-state index in [4.69, 9.17) is 4.74 Å². The molecule has 1 N–H and O–H groups in total. The molecule has 0 radical (unpaired) electrons. The lowest BCUT2D eigenvalue weighted by molar-refractivity contribution is 0.0327. The van der Waals surface area contributed by atoms with E-state index >= 15 is 0 Å². The summed E-state index contributed by atoms with van der Waals surface area (Å²) in [4.78, 5) is 0. The molecule has 0 aliphatic heterocycles. The number of hydrogen-bond acceptors (Lipinski definition) is 3. The molecule has 0 bridgehead atoms. The predicted octanol–water partition coefficient (Wildman–Crippen LogP) is 3.24. The molecule has 2 atom stereocenters. The Bertz CT molecular complexity index is 524. The van der Waals surface area contributed by atoms with Crippen molar-refractivity contribution in [2.45, 2.75) is 32.4 Å². The van der Waals surface area contributed by atoms with Crippen LogP contribution >= 0.6 is 0 Å². The van der Waals surface area contributed by atoms with E-state index in [9.17, 15) is 0 Å². The van der Waals surface area contributed by atoms with E-state index in [0.717, 1.165) is 18.5 Å². The number of ether oxygens (including phenoxy) is 1. The average Bonchev–Trinajstić information content (AvgIpc) is 2.94. The number of aromatic nitrogens is 2. The monoisotopic (exact) mass is 287 g/mol. The van der Waals surface area contributed by atoms with Gasteiger partial charge in [0.25, 0.3) is 0 Å². The van der Waals surface area contributed by atoms with Crippen LogP contribution in [-0.4, -0.2) is 22.9 Å². The molecule has 0 fully saturated rings. The van der Waals surface area contributed by atoms with E-state index in [1.165, 1.54) is 5.56 Å². The van der Waals surface area contributed by atoms with Gasteiger partial charge in [-0.3, -0.25) is 4.68 Å². The normalized spacial score (nSPS) is 14.0. The molecule has 0 saturated carbocycles. The standard InChI is InChI=1S/C17H25N3O/c1-4-11-18-16(15-12-19-20(3)13-15)17(21-5-2)14-9-7-6-8-10-14/h6-10,12-13,16-18H,4-5,11H2,1-3H3. The molecule has 1 heterocycles. The molecular weight excluding hydrogens is 262 g/mol. The smallest absolute Gasteiger partial charge is 0.102 e. The third-order valence-electron chi connectivity index (χ3n) is 3.48. The summed E-state index contributed by atoms with van der Waals surface area (Å²) in [5.74, 6) is 0. The van der Waals surface area contributed by atoms with Crippen molar-refractivity contribution in [1.82, 2.24) is 15.1 Å². The molecule has 0 spiro atoms. The van der Waals surface area contributed by atoms with Crippen molar-refractivity contribution in [2.75, 3.05) is 13.2 Å². The minimum Gasteiger partial charge on any atom is -0.372 e. The van der Waals surface area contributed by atoms with Crippen LogP contribution in [0.15, 0.2) is 42.7 Å². The second kappa shape index (κ2) is 7.96. The Morgan fingerprint density at radius 3 is 2.52 bits per heavy atom. The molecule has 0 aliphatic rings. The second-order valence-electron chi connectivity index (χ2n) is 5.17. The Labute approximate surface area is 127 Å². The van der Waals surface area contributed by atoms with Crippen LogP contribution in [0, 0.1) is 0 Å². The fraction of sp³-hybridized carbons (Fsp3) is 0.471. The van der Waals surface area contributed by atoms with Gasteiger partial charge in [-0.2, -0.15) is 5.10 Å². The minimum absolute atomic E-state index is 0.00745. The lowest BCUT2D eigenvalue weighted by Crippen LogP contribution is -2.29. The summed E-state index contributed by atoms with van der Waals surface area (Å²) in [5.41, 5.74) is 2.35. The molecule has 0 amide bonds. The van der Waals surface area contributed by atoms with Crippen LogP contribution in [0.4, 0.5) is 0 Å². The highest BCUT2D eigenvalue weighted by Crippen LogP contribution is 2.31. The van der Waals surface area contributed by atoms with Gasteiger partial charge in [-0.05, 0) is 25.5 Å². The summed E-state index contributed by atoms with van der Waals surface area (Å²) in [7, 11) is 1.94. The van der Waals surface area contributed by atoms with Gasteiger partial charge in [0.2, 0.25) is 0 Å². The van der Waals surface area contributed by atoms with Crippen LogP contribution in [0.25, 0.3) is 0 Å². The van der Waals surface area contributed by atoms with E-state index < -0.39 is 0 Å². The number of nitrogens with zero attached hydrogens (tertiary/aromatic N) is 2. The average molecular weight is 287 g/mol. The molecule has 2 rings (SSSR count). The Morgan fingerprint density at radius 2 is 1.95 bits per heavy atom. The molecule has 21 heavy (non-hydrogen) atoms. The highest BCUT2D eigenvalue weighted by Gasteiger charge is 2.25. The lowest BCUT2D eigenvalue weighted by atomic mass is 9.97. The first-order valence-corrected chi connectivity index (χ1v) is 7.64. The van der Waals surface area contributed by atoms with Gasteiger partial charge >= 0.3 is 0 Å². The van der Waals surface area contributed by atoms with E-state index in [0.29, 0.717) is 6.61 Å². The van der Waals surface area contributed by atoms with Crippen LogP contribution in [0.1, 0.15) is 43.5 Å². The zero-order valence-electron chi connectivity index (χ0n) is 13.1.